The van der Waals surface area contributed by atoms with Gasteiger partial charge in [-0.3, -0.25) is 4.79 Å². The Morgan fingerprint density at radius 1 is 1.33 bits per heavy atom. The van der Waals surface area contributed by atoms with Crippen LogP contribution in [0.3, 0.4) is 0 Å². The lowest BCUT2D eigenvalue weighted by molar-refractivity contribution is -0.117. The van der Waals surface area contributed by atoms with Crippen molar-refractivity contribution >= 4 is 29.2 Å². The number of nitriles is 1. The summed E-state index contributed by atoms with van der Waals surface area (Å²) < 4.78 is 0. The highest BCUT2D eigenvalue weighted by atomic mass is 32.2. The number of amides is 1. The Morgan fingerprint density at radius 3 is 2.61 bits per heavy atom. The minimum Gasteiger partial charge on any atom is -0.368 e. The number of benzene rings is 1. The van der Waals surface area contributed by atoms with Gasteiger partial charge >= 0.3 is 0 Å². The Labute approximate surface area is 200 Å². The highest BCUT2D eigenvalue weighted by Crippen LogP contribution is 2.42. The molecule has 0 saturated carbocycles. The number of likely N-dealkylation sites (N-methyl/N-ethyl adjacent to an activating group) is 1. The summed E-state index contributed by atoms with van der Waals surface area (Å²) in [6.45, 7) is 13.5. The zero-order chi connectivity index (χ0) is 23.8. The van der Waals surface area contributed by atoms with Crippen LogP contribution in [0.1, 0.15) is 48.1 Å². The first-order valence-corrected chi connectivity index (χ1v) is 12.2. The third-order valence-corrected chi connectivity index (χ3v) is 7.21. The van der Waals surface area contributed by atoms with Crippen LogP contribution < -0.4 is 10.6 Å². The summed E-state index contributed by atoms with van der Waals surface area (Å²) in [4.78, 5) is 25.3. The maximum absolute atomic E-state index is 12.3. The van der Waals surface area contributed by atoms with Crippen LogP contribution in [0.25, 0.3) is 4.85 Å². The van der Waals surface area contributed by atoms with Crippen LogP contribution in [0.5, 0.6) is 0 Å². The highest BCUT2D eigenvalue weighted by Gasteiger charge is 2.26. The number of carbonyl (C=O) groups is 1. The number of likely N-dealkylation sites (tertiary alicyclic amines) is 1. The van der Waals surface area contributed by atoms with Crippen molar-refractivity contribution in [2.24, 2.45) is 5.73 Å². The molecule has 7 nitrogen and oxygen atoms in total. The van der Waals surface area contributed by atoms with Crippen LogP contribution in [0.2, 0.25) is 0 Å². The van der Waals surface area contributed by atoms with Crippen molar-refractivity contribution in [3.63, 3.8) is 0 Å². The van der Waals surface area contributed by atoms with Crippen molar-refractivity contribution in [3.8, 4) is 6.07 Å². The number of piperidine rings is 1. The summed E-state index contributed by atoms with van der Waals surface area (Å²) in [7, 11) is 1.93. The molecular formula is C25H30N6OS. The molecule has 172 valence electrons. The van der Waals surface area contributed by atoms with Gasteiger partial charge in [-0.15, -0.1) is 0 Å². The van der Waals surface area contributed by atoms with Gasteiger partial charge in [0.25, 0.3) is 0 Å². The van der Waals surface area contributed by atoms with Gasteiger partial charge < -0.3 is 15.5 Å². The normalized spacial score (nSPS) is 14.8. The lowest BCUT2D eigenvalue weighted by atomic mass is 10.1. The van der Waals surface area contributed by atoms with Crippen LogP contribution >= 0.6 is 11.8 Å². The Balaban J connectivity index is 1.98. The summed E-state index contributed by atoms with van der Waals surface area (Å²) in [6, 6.07) is 11.5. The van der Waals surface area contributed by atoms with Crippen molar-refractivity contribution in [3.05, 3.63) is 58.4 Å². The van der Waals surface area contributed by atoms with Gasteiger partial charge in [-0.1, -0.05) is 55.4 Å². The van der Waals surface area contributed by atoms with Crippen LogP contribution in [-0.2, 0) is 11.2 Å². The molecule has 1 unspecified atom stereocenters. The second-order valence-electron chi connectivity index (χ2n) is 8.15. The SMILES string of the molecule is [C-]#[N+]c1c(N(C)CCN2CCCCC2)nc(SC(C(N)=O)c2ccccc2)c(C#N)c1CC. The maximum atomic E-state index is 12.3. The minimum atomic E-state index is -0.680. The van der Waals surface area contributed by atoms with E-state index in [2.05, 4.69) is 15.8 Å². The fourth-order valence-corrected chi connectivity index (χ4v) is 5.18. The van der Waals surface area contributed by atoms with E-state index in [0.29, 0.717) is 34.1 Å². The Kier molecular flexibility index (Phi) is 8.71. The Bertz CT molecular complexity index is 1050. The lowest BCUT2D eigenvalue weighted by Gasteiger charge is -2.30. The van der Waals surface area contributed by atoms with Crippen molar-refractivity contribution in [1.82, 2.24) is 9.88 Å². The standard InChI is InChI=1S/C25H30N6OS/c1-4-19-20(17-26)25(33-22(23(27)32)18-11-7-5-8-12-18)29-24(21(19)28-2)30(3)15-16-31-13-9-6-10-14-31/h5,7-8,11-12,22H,4,6,9-10,13-16H2,1,3H3,(H2,27,32). The van der Waals surface area contributed by atoms with Crippen molar-refractivity contribution < 1.29 is 4.79 Å². The molecule has 0 spiro atoms. The van der Waals surface area contributed by atoms with E-state index in [-0.39, 0.29) is 0 Å². The van der Waals surface area contributed by atoms with E-state index >= 15 is 0 Å². The van der Waals surface area contributed by atoms with Crippen molar-refractivity contribution in [2.75, 3.05) is 38.1 Å². The van der Waals surface area contributed by atoms with E-state index in [1.165, 1.54) is 31.0 Å². The van der Waals surface area contributed by atoms with Gasteiger partial charge in [0.1, 0.15) is 22.2 Å². The predicted molar refractivity (Wildman–Crippen MR) is 132 cm³/mol. The predicted octanol–water partition coefficient (Wildman–Crippen LogP) is 4.31. The smallest absolute Gasteiger partial charge is 0.235 e. The number of nitrogens with two attached hydrogens (primary N) is 1. The average Bonchev–Trinajstić information content (AvgIpc) is 2.85. The zero-order valence-electron chi connectivity index (χ0n) is 19.3. The molecule has 1 fully saturated rings. The number of primary amides is 1. The largest absolute Gasteiger partial charge is 0.368 e. The molecule has 8 heteroatoms. The van der Waals surface area contributed by atoms with E-state index in [1.807, 2.05) is 49.2 Å². The molecule has 1 saturated heterocycles. The van der Waals surface area contributed by atoms with E-state index in [1.54, 1.807) is 0 Å². The molecule has 3 rings (SSSR count). The summed E-state index contributed by atoms with van der Waals surface area (Å²) in [5.41, 5.74) is 7.92. The fourth-order valence-electron chi connectivity index (χ4n) is 4.13. The number of pyridine rings is 1. The molecular weight excluding hydrogens is 432 g/mol. The number of hydrogen-bond acceptors (Lipinski definition) is 6. The van der Waals surface area contributed by atoms with E-state index in [4.69, 9.17) is 17.3 Å². The molecule has 2 aromatic rings. The molecule has 33 heavy (non-hydrogen) atoms. The molecule has 0 radical (unpaired) electrons. The van der Waals surface area contributed by atoms with Crippen LogP contribution in [0.4, 0.5) is 11.5 Å². The van der Waals surface area contributed by atoms with Gasteiger partial charge in [0.15, 0.2) is 0 Å². The molecule has 2 N–H and O–H groups in total. The number of anilines is 1. The molecule has 1 aliphatic heterocycles. The topological polar surface area (TPSA) is 90.6 Å². The summed E-state index contributed by atoms with van der Waals surface area (Å²) >= 11 is 1.18. The quantitative estimate of drug-likeness (QED) is 0.441. The molecule has 0 aliphatic carbocycles. The van der Waals surface area contributed by atoms with Crippen LogP contribution in [0.15, 0.2) is 35.4 Å². The lowest BCUT2D eigenvalue weighted by Crippen LogP contribution is -2.36. The number of carbonyl (C=O) groups excluding carboxylic acids is 1. The van der Waals surface area contributed by atoms with Gasteiger partial charge in [0.2, 0.25) is 11.6 Å². The third kappa shape index (κ3) is 5.84. The first-order chi connectivity index (χ1) is 16.0. The van der Waals surface area contributed by atoms with Crippen molar-refractivity contribution in [2.45, 2.75) is 42.9 Å². The molecule has 1 aliphatic rings. The minimum absolute atomic E-state index is 0.351. The van der Waals surface area contributed by atoms with Gasteiger partial charge in [-0.2, -0.15) is 5.26 Å². The molecule has 0 bridgehead atoms. The van der Waals surface area contributed by atoms with E-state index in [0.717, 1.165) is 31.7 Å². The van der Waals surface area contributed by atoms with E-state index < -0.39 is 11.2 Å². The third-order valence-electron chi connectivity index (χ3n) is 5.95. The number of rotatable bonds is 9. The number of thioether (sulfide) groups is 1. The van der Waals surface area contributed by atoms with Gasteiger partial charge in [-0.25, -0.2) is 9.83 Å². The second-order valence-corrected chi connectivity index (χ2v) is 9.25. The first-order valence-electron chi connectivity index (χ1n) is 11.3. The van der Waals surface area contributed by atoms with Crippen LogP contribution in [0, 0.1) is 17.9 Å². The second kappa shape index (κ2) is 11.7. The summed E-state index contributed by atoms with van der Waals surface area (Å²) in [6.07, 6.45) is 4.26. The Hall–Kier alpha value is -3.07. The first kappa shape index (κ1) is 24.6. The molecule has 1 aromatic heterocycles. The Morgan fingerprint density at radius 2 is 2.03 bits per heavy atom. The summed E-state index contributed by atoms with van der Waals surface area (Å²) in [5, 5.41) is 9.69. The monoisotopic (exact) mass is 462 g/mol. The fraction of sp³-hybridized carbons (Fsp3) is 0.440. The molecule has 2 heterocycles. The average molecular weight is 463 g/mol. The van der Waals surface area contributed by atoms with E-state index in [9.17, 15) is 10.1 Å². The van der Waals surface area contributed by atoms with Gasteiger partial charge in [0, 0.05) is 20.1 Å². The zero-order valence-corrected chi connectivity index (χ0v) is 20.1. The maximum Gasteiger partial charge on any atom is 0.235 e. The number of hydrogen-bond donors (Lipinski definition) is 1. The molecule has 1 atom stereocenters. The summed E-state index contributed by atoms with van der Waals surface area (Å²) in [5.74, 6) is 0.0563. The van der Waals surface area contributed by atoms with Gasteiger partial charge in [-0.05, 0) is 43.5 Å². The molecule has 1 amide bonds. The molecule has 1 aromatic carbocycles. The number of nitrogens with zero attached hydrogens (tertiary/aromatic N) is 5. The van der Waals surface area contributed by atoms with Gasteiger partial charge in [0.05, 0.1) is 12.1 Å². The van der Waals surface area contributed by atoms with Crippen LogP contribution in [-0.4, -0.2) is 49.0 Å². The number of aromatic nitrogens is 1. The van der Waals surface area contributed by atoms with Crippen molar-refractivity contribution in [1.29, 1.82) is 5.26 Å². The highest BCUT2D eigenvalue weighted by molar-refractivity contribution is 8.00.